The van der Waals surface area contributed by atoms with Crippen molar-refractivity contribution in [2.75, 3.05) is 21.3 Å². The minimum atomic E-state index is -1.32. The van der Waals surface area contributed by atoms with Crippen LogP contribution in [0.4, 0.5) is 0 Å². The fraction of sp³-hybridized carbons (Fsp3) is 0.158. The van der Waals surface area contributed by atoms with Crippen molar-refractivity contribution in [1.82, 2.24) is 5.32 Å². The molecule has 0 aromatic heterocycles. The molecule has 0 saturated heterocycles. The largest absolute Gasteiger partial charge is 0.493 e. The summed E-state index contributed by atoms with van der Waals surface area (Å²) in [7, 11) is 4.35. The molecule has 0 atom stereocenters. The van der Waals surface area contributed by atoms with Gasteiger partial charge >= 0.3 is 5.97 Å². The van der Waals surface area contributed by atoms with Gasteiger partial charge in [0.2, 0.25) is 5.75 Å². The fourth-order valence-corrected chi connectivity index (χ4v) is 2.56. The maximum absolute atomic E-state index is 12.3. The Bertz CT molecular complexity index is 869. The van der Waals surface area contributed by atoms with Crippen LogP contribution < -0.4 is 19.5 Å². The Morgan fingerprint density at radius 2 is 1.63 bits per heavy atom. The van der Waals surface area contributed by atoms with Crippen LogP contribution in [0.3, 0.4) is 0 Å². The van der Waals surface area contributed by atoms with E-state index in [4.69, 9.17) is 25.8 Å². The molecule has 0 aliphatic carbocycles. The molecule has 0 fully saturated rings. The summed E-state index contributed by atoms with van der Waals surface area (Å²) in [4.78, 5) is 23.9. The number of nitrogens with one attached hydrogen (secondary N) is 1. The molecule has 0 heterocycles. The number of carbonyl (C=O) groups excluding carboxylic acids is 1. The number of hydrogen-bond donors (Lipinski definition) is 2. The van der Waals surface area contributed by atoms with Gasteiger partial charge in [-0.3, -0.25) is 4.79 Å². The van der Waals surface area contributed by atoms with Gasteiger partial charge in [0.05, 0.1) is 31.9 Å². The van der Waals surface area contributed by atoms with E-state index < -0.39 is 11.9 Å². The Balaban J connectivity index is 2.42. The minimum Gasteiger partial charge on any atom is -0.493 e. The maximum Gasteiger partial charge on any atom is 0.352 e. The van der Waals surface area contributed by atoms with Gasteiger partial charge in [-0.15, -0.1) is 0 Å². The molecule has 0 spiro atoms. The SMILES string of the molecule is COc1cc(/C=C(\NC(=O)c2ccccc2Cl)C(=O)O)cc(OC)c1OC. The van der Waals surface area contributed by atoms with E-state index >= 15 is 0 Å². The first-order valence-electron chi connectivity index (χ1n) is 7.72. The summed E-state index contributed by atoms with van der Waals surface area (Å²) in [6.07, 6.45) is 1.28. The van der Waals surface area contributed by atoms with Crippen LogP contribution >= 0.6 is 11.6 Å². The van der Waals surface area contributed by atoms with E-state index in [-0.39, 0.29) is 16.3 Å². The lowest BCUT2D eigenvalue weighted by molar-refractivity contribution is -0.132. The van der Waals surface area contributed by atoms with Crippen LogP contribution in [0.15, 0.2) is 42.1 Å². The monoisotopic (exact) mass is 391 g/mol. The van der Waals surface area contributed by atoms with Gasteiger partial charge < -0.3 is 24.6 Å². The van der Waals surface area contributed by atoms with Gasteiger partial charge in [-0.25, -0.2) is 4.79 Å². The Morgan fingerprint density at radius 1 is 1.04 bits per heavy atom. The molecule has 0 saturated carbocycles. The van der Waals surface area contributed by atoms with Crippen LogP contribution in [-0.2, 0) is 4.79 Å². The third-order valence-corrected chi connectivity index (χ3v) is 3.92. The molecule has 142 valence electrons. The smallest absolute Gasteiger partial charge is 0.352 e. The number of carboxylic acids is 1. The van der Waals surface area contributed by atoms with E-state index in [2.05, 4.69) is 5.32 Å². The normalized spacial score (nSPS) is 10.9. The van der Waals surface area contributed by atoms with Crippen molar-refractivity contribution in [2.24, 2.45) is 0 Å². The van der Waals surface area contributed by atoms with Crippen LogP contribution in [0, 0.1) is 0 Å². The molecular weight excluding hydrogens is 374 g/mol. The van der Waals surface area contributed by atoms with Crippen LogP contribution in [0.1, 0.15) is 15.9 Å². The Hall–Kier alpha value is -3.19. The number of amides is 1. The van der Waals surface area contributed by atoms with E-state index in [1.165, 1.54) is 33.5 Å². The van der Waals surface area contributed by atoms with E-state index in [1.807, 2.05) is 0 Å². The van der Waals surface area contributed by atoms with E-state index in [1.54, 1.807) is 30.3 Å². The van der Waals surface area contributed by atoms with E-state index in [0.717, 1.165) is 0 Å². The lowest BCUT2D eigenvalue weighted by atomic mass is 10.1. The molecule has 2 N–H and O–H groups in total. The first-order valence-corrected chi connectivity index (χ1v) is 8.10. The van der Waals surface area contributed by atoms with Crippen molar-refractivity contribution in [3.63, 3.8) is 0 Å². The van der Waals surface area contributed by atoms with Crippen LogP contribution in [-0.4, -0.2) is 38.3 Å². The quantitative estimate of drug-likeness (QED) is 0.704. The standard InChI is InChI=1S/C19H18ClNO6/c1-25-15-9-11(10-16(26-2)17(15)27-3)8-14(19(23)24)21-18(22)12-6-4-5-7-13(12)20/h4-10H,1-3H3,(H,21,22)(H,23,24)/b14-8-. The van der Waals surface area contributed by atoms with Crippen LogP contribution in [0.2, 0.25) is 5.02 Å². The molecule has 0 bridgehead atoms. The molecule has 2 rings (SSSR count). The topological polar surface area (TPSA) is 94.1 Å². The van der Waals surface area contributed by atoms with Gasteiger partial charge in [0, 0.05) is 0 Å². The molecule has 0 aliphatic heterocycles. The summed E-state index contributed by atoms with van der Waals surface area (Å²) in [5, 5.41) is 12.0. The van der Waals surface area contributed by atoms with Gasteiger partial charge in [0.15, 0.2) is 11.5 Å². The number of ether oxygens (including phenoxy) is 3. The van der Waals surface area contributed by atoms with Gasteiger partial charge in [-0.1, -0.05) is 23.7 Å². The molecule has 0 radical (unpaired) electrons. The Kier molecular flexibility index (Phi) is 6.67. The first kappa shape index (κ1) is 20.1. The molecule has 1 amide bonds. The molecule has 27 heavy (non-hydrogen) atoms. The number of halogens is 1. The van der Waals surface area contributed by atoms with Crippen molar-refractivity contribution in [3.05, 3.63) is 58.2 Å². The van der Waals surface area contributed by atoms with Crippen LogP contribution in [0.25, 0.3) is 6.08 Å². The predicted molar refractivity (Wildman–Crippen MR) is 101 cm³/mol. The molecule has 0 aliphatic rings. The summed E-state index contributed by atoms with van der Waals surface area (Å²) >= 11 is 5.98. The molecule has 2 aromatic carbocycles. The summed E-state index contributed by atoms with van der Waals surface area (Å²) in [5.41, 5.74) is 0.256. The third-order valence-electron chi connectivity index (χ3n) is 3.60. The second-order valence-electron chi connectivity index (χ2n) is 5.26. The number of methoxy groups -OCH3 is 3. The average Bonchev–Trinajstić information content (AvgIpc) is 2.66. The minimum absolute atomic E-state index is 0.163. The molecular formula is C19H18ClNO6. The van der Waals surface area contributed by atoms with Crippen molar-refractivity contribution in [1.29, 1.82) is 0 Å². The first-order chi connectivity index (χ1) is 12.9. The second kappa shape index (κ2) is 8.95. The van der Waals surface area contributed by atoms with Crippen molar-refractivity contribution < 1.29 is 28.9 Å². The van der Waals surface area contributed by atoms with E-state index in [0.29, 0.717) is 22.8 Å². The lowest BCUT2D eigenvalue weighted by Gasteiger charge is -2.13. The van der Waals surface area contributed by atoms with Crippen LogP contribution in [0.5, 0.6) is 17.2 Å². The second-order valence-corrected chi connectivity index (χ2v) is 5.66. The molecule has 2 aromatic rings. The summed E-state index contributed by atoms with van der Waals surface area (Å²) in [5.74, 6) is -0.879. The third kappa shape index (κ3) is 4.71. The molecule has 7 nitrogen and oxygen atoms in total. The Morgan fingerprint density at radius 3 is 2.11 bits per heavy atom. The zero-order valence-corrected chi connectivity index (χ0v) is 15.7. The highest BCUT2D eigenvalue weighted by Crippen LogP contribution is 2.38. The highest BCUT2D eigenvalue weighted by Gasteiger charge is 2.17. The summed E-state index contributed by atoms with van der Waals surface area (Å²) in [6, 6.07) is 9.46. The van der Waals surface area contributed by atoms with Crippen molar-refractivity contribution in [2.45, 2.75) is 0 Å². The van der Waals surface area contributed by atoms with Gasteiger partial charge in [0.1, 0.15) is 5.70 Å². The number of carboxylic acid groups (broad SMARTS) is 1. The number of benzene rings is 2. The number of aliphatic carboxylic acids is 1. The maximum atomic E-state index is 12.3. The molecule has 0 unspecified atom stereocenters. The predicted octanol–water partition coefficient (Wildman–Crippen LogP) is 3.22. The highest BCUT2D eigenvalue weighted by atomic mass is 35.5. The van der Waals surface area contributed by atoms with Gasteiger partial charge in [-0.05, 0) is 35.9 Å². The van der Waals surface area contributed by atoms with Crippen molar-refractivity contribution >= 4 is 29.6 Å². The number of rotatable bonds is 7. The number of carbonyl (C=O) groups is 2. The molecule has 8 heteroatoms. The fourth-order valence-electron chi connectivity index (χ4n) is 2.34. The zero-order chi connectivity index (χ0) is 20.0. The zero-order valence-electron chi connectivity index (χ0n) is 14.9. The Labute approximate surface area is 161 Å². The highest BCUT2D eigenvalue weighted by molar-refractivity contribution is 6.34. The summed E-state index contributed by atoms with van der Waals surface area (Å²) in [6.45, 7) is 0. The lowest BCUT2D eigenvalue weighted by Crippen LogP contribution is -2.27. The van der Waals surface area contributed by atoms with E-state index in [9.17, 15) is 14.7 Å². The van der Waals surface area contributed by atoms with Gasteiger partial charge in [-0.2, -0.15) is 0 Å². The van der Waals surface area contributed by atoms with Crippen molar-refractivity contribution in [3.8, 4) is 17.2 Å². The van der Waals surface area contributed by atoms with Gasteiger partial charge in [0.25, 0.3) is 5.91 Å². The number of hydrogen-bond acceptors (Lipinski definition) is 5. The average molecular weight is 392 g/mol. The summed E-state index contributed by atoms with van der Waals surface area (Å²) < 4.78 is 15.7.